The molecule has 4 nitrogen and oxygen atoms in total. The van der Waals surface area contributed by atoms with Gasteiger partial charge in [0.1, 0.15) is 11.8 Å². The lowest BCUT2D eigenvalue weighted by molar-refractivity contribution is -0.139. The number of halogens is 2. The Labute approximate surface area is 90.5 Å². The number of carbonyl (C=O) groups excluding carboxylic acids is 1. The molecule has 1 aromatic heterocycles. The van der Waals surface area contributed by atoms with Crippen LogP contribution in [0.25, 0.3) is 0 Å². The summed E-state index contributed by atoms with van der Waals surface area (Å²) in [6.07, 6.45) is -1.94. The molecule has 0 saturated carbocycles. The van der Waals surface area contributed by atoms with E-state index in [1.807, 2.05) is 0 Å². The second kappa shape index (κ2) is 5.16. The molecule has 0 aromatic carbocycles. The molecule has 84 valence electrons. The molecule has 0 radical (unpaired) electrons. The van der Waals surface area contributed by atoms with Gasteiger partial charge in [-0.05, 0) is 11.6 Å². The van der Waals surface area contributed by atoms with E-state index >= 15 is 0 Å². The molecule has 0 fully saturated rings. The third kappa shape index (κ3) is 2.73. The number of esters is 1. The maximum atomic E-state index is 12.6. The highest BCUT2D eigenvalue weighted by molar-refractivity contribution is 5.72. The predicted octanol–water partition coefficient (Wildman–Crippen LogP) is 1.61. The second-order valence-corrected chi connectivity index (χ2v) is 2.93. The number of nitrogens with zero attached hydrogens (tertiary/aromatic N) is 2. The summed E-state index contributed by atoms with van der Waals surface area (Å²) < 4.78 is 29.6. The molecule has 0 atom stereocenters. The first kappa shape index (κ1) is 12.0. The summed E-state index contributed by atoms with van der Waals surface area (Å²) >= 11 is 0. The van der Waals surface area contributed by atoms with E-state index in [1.54, 1.807) is 6.07 Å². The van der Waals surface area contributed by atoms with Crippen LogP contribution in [0.3, 0.4) is 0 Å². The van der Waals surface area contributed by atoms with Crippen molar-refractivity contribution in [3.05, 3.63) is 29.1 Å². The second-order valence-electron chi connectivity index (χ2n) is 2.93. The van der Waals surface area contributed by atoms with Crippen LogP contribution in [0.15, 0.2) is 12.3 Å². The molecule has 0 aliphatic carbocycles. The van der Waals surface area contributed by atoms with E-state index in [0.29, 0.717) is 0 Å². The molecular formula is C10H8F2N2O2. The Morgan fingerprint density at radius 1 is 1.69 bits per heavy atom. The van der Waals surface area contributed by atoms with Crippen molar-refractivity contribution in [1.29, 1.82) is 5.26 Å². The SMILES string of the molecule is COC(=O)Cc1cnc(C#N)cc1C(F)F. The monoisotopic (exact) mass is 226 g/mol. The number of ether oxygens (including phenoxy) is 1. The van der Waals surface area contributed by atoms with E-state index in [1.165, 1.54) is 7.11 Å². The molecular weight excluding hydrogens is 218 g/mol. The van der Waals surface area contributed by atoms with Crippen molar-refractivity contribution < 1.29 is 18.3 Å². The number of nitriles is 1. The van der Waals surface area contributed by atoms with E-state index < -0.39 is 12.4 Å². The first-order valence-corrected chi connectivity index (χ1v) is 4.32. The van der Waals surface area contributed by atoms with Gasteiger partial charge in [0.15, 0.2) is 0 Å². The molecule has 0 unspecified atom stereocenters. The molecule has 1 rings (SSSR count). The van der Waals surface area contributed by atoms with Crippen LogP contribution in [0.4, 0.5) is 8.78 Å². The van der Waals surface area contributed by atoms with E-state index in [0.717, 1.165) is 12.3 Å². The Bertz CT molecular complexity index is 441. The Morgan fingerprint density at radius 3 is 2.88 bits per heavy atom. The molecule has 1 heterocycles. The molecule has 0 N–H and O–H groups in total. The smallest absolute Gasteiger partial charge is 0.310 e. The lowest BCUT2D eigenvalue weighted by Crippen LogP contribution is -2.08. The minimum atomic E-state index is -2.75. The van der Waals surface area contributed by atoms with Gasteiger partial charge < -0.3 is 4.74 Å². The number of alkyl halides is 2. The first-order chi connectivity index (χ1) is 7.58. The van der Waals surface area contributed by atoms with Crippen LogP contribution in [-0.4, -0.2) is 18.1 Å². The molecule has 0 aliphatic rings. The number of pyridine rings is 1. The zero-order valence-electron chi connectivity index (χ0n) is 8.41. The molecule has 0 amide bonds. The number of methoxy groups -OCH3 is 1. The minimum Gasteiger partial charge on any atom is -0.469 e. The highest BCUT2D eigenvalue weighted by atomic mass is 19.3. The van der Waals surface area contributed by atoms with E-state index in [-0.39, 0.29) is 23.2 Å². The van der Waals surface area contributed by atoms with Crippen LogP contribution in [0.1, 0.15) is 23.2 Å². The minimum absolute atomic E-state index is 0.0702. The van der Waals surface area contributed by atoms with Crippen molar-refractivity contribution in [1.82, 2.24) is 4.98 Å². The van der Waals surface area contributed by atoms with E-state index in [2.05, 4.69) is 9.72 Å². The average Bonchev–Trinajstić information content (AvgIpc) is 2.29. The van der Waals surface area contributed by atoms with E-state index in [9.17, 15) is 13.6 Å². The quantitative estimate of drug-likeness (QED) is 0.734. The van der Waals surface area contributed by atoms with Crippen LogP contribution in [0, 0.1) is 11.3 Å². The number of hydrogen-bond acceptors (Lipinski definition) is 4. The van der Waals surface area contributed by atoms with Crippen LogP contribution in [0.5, 0.6) is 0 Å². The van der Waals surface area contributed by atoms with Gasteiger partial charge in [0.2, 0.25) is 0 Å². The lowest BCUT2D eigenvalue weighted by atomic mass is 10.1. The number of hydrogen-bond donors (Lipinski definition) is 0. The van der Waals surface area contributed by atoms with Crippen molar-refractivity contribution in [3.8, 4) is 6.07 Å². The van der Waals surface area contributed by atoms with Crippen molar-refractivity contribution in [3.63, 3.8) is 0 Å². The summed E-state index contributed by atoms with van der Waals surface area (Å²) in [6.45, 7) is 0. The van der Waals surface area contributed by atoms with Gasteiger partial charge in [-0.2, -0.15) is 5.26 Å². The van der Waals surface area contributed by atoms with Crippen LogP contribution < -0.4 is 0 Å². The molecule has 0 spiro atoms. The fraction of sp³-hybridized carbons (Fsp3) is 0.300. The van der Waals surface area contributed by atoms with Crippen molar-refractivity contribution in [2.75, 3.05) is 7.11 Å². The van der Waals surface area contributed by atoms with Crippen LogP contribution in [0.2, 0.25) is 0 Å². The van der Waals surface area contributed by atoms with Gasteiger partial charge in [-0.25, -0.2) is 13.8 Å². The molecule has 6 heteroatoms. The van der Waals surface area contributed by atoms with Crippen LogP contribution in [-0.2, 0) is 16.0 Å². The molecule has 0 aliphatic heterocycles. The maximum absolute atomic E-state index is 12.6. The average molecular weight is 226 g/mol. The predicted molar refractivity (Wildman–Crippen MR) is 49.6 cm³/mol. The summed E-state index contributed by atoms with van der Waals surface area (Å²) in [5.74, 6) is -0.631. The van der Waals surface area contributed by atoms with Gasteiger partial charge in [-0.3, -0.25) is 4.79 Å². The van der Waals surface area contributed by atoms with Gasteiger partial charge in [0, 0.05) is 11.8 Å². The molecule has 0 saturated heterocycles. The fourth-order valence-corrected chi connectivity index (χ4v) is 1.14. The highest BCUT2D eigenvalue weighted by Crippen LogP contribution is 2.23. The topological polar surface area (TPSA) is 63.0 Å². The van der Waals surface area contributed by atoms with Gasteiger partial charge in [0.25, 0.3) is 6.43 Å². The fourth-order valence-electron chi connectivity index (χ4n) is 1.14. The number of carbonyl (C=O) groups is 1. The summed E-state index contributed by atoms with van der Waals surface area (Å²) in [4.78, 5) is 14.6. The largest absolute Gasteiger partial charge is 0.469 e. The molecule has 0 bridgehead atoms. The third-order valence-corrected chi connectivity index (χ3v) is 1.93. The Morgan fingerprint density at radius 2 is 2.38 bits per heavy atom. The van der Waals surface area contributed by atoms with Crippen LogP contribution >= 0.6 is 0 Å². The van der Waals surface area contributed by atoms with Gasteiger partial charge in [-0.15, -0.1) is 0 Å². The standard InChI is InChI=1S/C10H8F2N2O2/c1-16-9(15)2-6-5-14-7(4-13)3-8(6)10(11)12/h3,5,10H,2H2,1H3. The zero-order chi connectivity index (χ0) is 12.1. The Balaban J connectivity index is 3.09. The Hall–Kier alpha value is -2.03. The lowest BCUT2D eigenvalue weighted by Gasteiger charge is -2.07. The summed E-state index contributed by atoms with van der Waals surface area (Å²) in [5, 5.41) is 8.51. The number of aromatic nitrogens is 1. The third-order valence-electron chi connectivity index (χ3n) is 1.93. The van der Waals surface area contributed by atoms with Crippen molar-refractivity contribution >= 4 is 5.97 Å². The highest BCUT2D eigenvalue weighted by Gasteiger charge is 2.17. The van der Waals surface area contributed by atoms with Crippen molar-refractivity contribution in [2.45, 2.75) is 12.8 Å². The van der Waals surface area contributed by atoms with Gasteiger partial charge >= 0.3 is 5.97 Å². The maximum Gasteiger partial charge on any atom is 0.310 e. The van der Waals surface area contributed by atoms with E-state index in [4.69, 9.17) is 5.26 Å². The van der Waals surface area contributed by atoms with Gasteiger partial charge in [-0.1, -0.05) is 0 Å². The normalized spacial score (nSPS) is 9.94. The summed E-state index contributed by atoms with van der Waals surface area (Å²) in [7, 11) is 1.17. The molecule has 1 aromatic rings. The number of rotatable bonds is 3. The first-order valence-electron chi connectivity index (χ1n) is 4.32. The van der Waals surface area contributed by atoms with Gasteiger partial charge in [0.05, 0.1) is 13.5 Å². The summed E-state index contributed by atoms with van der Waals surface area (Å²) in [5.41, 5.74) is -0.401. The zero-order valence-corrected chi connectivity index (χ0v) is 8.41. The Kier molecular flexibility index (Phi) is 3.89. The summed E-state index contributed by atoms with van der Waals surface area (Å²) in [6, 6.07) is 2.63. The molecule has 16 heavy (non-hydrogen) atoms. The van der Waals surface area contributed by atoms with Crippen molar-refractivity contribution in [2.24, 2.45) is 0 Å².